The Morgan fingerprint density at radius 3 is 1.96 bits per heavy atom. The Labute approximate surface area is 137 Å². The summed E-state index contributed by atoms with van der Waals surface area (Å²) in [7, 11) is -2.97. The molecule has 0 aromatic heterocycles. The number of rotatable bonds is 1. The van der Waals surface area contributed by atoms with Gasteiger partial charge in [-0.25, -0.2) is 8.42 Å². The van der Waals surface area contributed by atoms with Crippen LogP contribution in [0.3, 0.4) is 0 Å². The first-order valence-electron chi connectivity index (χ1n) is 9.14. The quantitative estimate of drug-likeness (QED) is 0.686. The van der Waals surface area contributed by atoms with Gasteiger partial charge >= 0.3 is 0 Å². The molecule has 5 nitrogen and oxygen atoms in total. The van der Waals surface area contributed by atoms with Crippen molar-refractivity contribution in [3.05, 3.63) is 0 Å². The summed E-state index contributed by atoms with van der Waals surface area (Å²) in [5.74, 6) is 1.40. The summed E-state index contributed by atoms with van der Waals surface area (Å²) < 4.78 is 30.1. The summed E-state index contributed by atoms with van der Waals surface area (Å²) in [6.45, 7) is 0. The number of hydrogen-bond donors (Lipinski definition) is 0. The monoisotopic (exact) mass is 342 g/mol. The van der Waals surface area contributed by atoms with E-state index >= 15 is 0 Å². The second kappa shape index (κ2) is 4.71. The Morgan fingerprint density at radius 1 is 0.870 bits per heavy atom. The third-order valence-corrected chi connectivity index (χ3v) is 8.93. The van der Waals surface area contributed by atoms with Crippen LogP contribution >= 0.6 is 0 Å². The maximum absolute atomic E-state index is 11.8. The van der Waals surface area contributed by atoms with Crippen molar-refractivity contribution in [2.45, 2.75) is 74.6 Å². The highest BCUT2D eigenvalue weighted by Gasteiger charge is 2.66. The first-order chi connectivity index (χ1) is 10.9. The van der Waals surface area contributed by atoms with Gasteiger partial charge in [0.25, 0.3) is 0 Å². The van der Waals surface area contributed by atoms with Gasteiger partial charge < -0.3 is 4.74 Å². The van der Waals surface area contributed by atoms with Crippen molar-refractivity contribution >= 4 is 9.84 Å². The normalized spacial score (nSPS) is 55.1. The Kier molecular flexibility index (Phi) is 3.10. The lowest BCUT2D eigenvalue weighted by Crippen LogP contribution is -2.59. The van der Waals surface area contributed by atoms with Crippen LogP contribution in [-0.2, 0) is 24.3 Å². The Morgan fingerprint density at radius 2 is 1.43 bits per heavy atom. The van der Waals surface area contributed by atoms with Crippen LogP contribution in [-0.4, -0.2) is 31.5 Å². The molecule has 1 saturated heterocycles. The minimum absolute atomic E-state index is 0.254. The molecule has 130 valence electrons. The second-order valence-corrected chi connectivity index (χ2v) is 11.1. The Bertz CT molecular complexity index is 576. The van der Waals surface area contributed by atoms with Crippen LogP contribution in [0.1, 0.15) is 57.8 Å². The van der Waals surface area contributed by atoms with Crippen LogP contribution in [0.4, 0.5) is 0 Å². The van der Waals surface area contributed by atoms with Crippen LogP contribution in [0, 0.1) is 23.7 Å². The average molecular weight is 342 g/mol. The van der Waals surface area contributed by atoms with E-state index in [4.69, 9.17) is 14.5 Å². The number of ether oxygens (including phenoxy) is 1. The molecule has 6 heteroatoms. The van der Waals surface area contributed by atoms with Gasteiger partial charge in [0.2, 0.25) is 11.6 Å². The SMILES string of the molecule is CS(=O)(=O)C1CCC2(CC1)OOC1(O2)C2CC3CC(C2)CC1C3. The average Bonchev–Trinajstić information content (AvgIpc) is 2.84. The fourth-order valence-electron chi connectivity index (χ4n) is 6.25. The van der Waals surface area contributed by atoms with Gasteiger partial charge in [0.1, 0.15) is 9.84 Å². The first-order valence-corrected chi connectivity index (χ1v) is 11.1. The molecule has 0 atom stereocenters. The maximum atomic E-state index is 11.8. The molecule has 0 aromatic rings. The van der Waals surface area contributed by atoms with E-state index < -0.39 is 21.4 Å². The summed E-state index contributed by atoms with van der Waals surface area (Å²) in [5, 5.41) is -0.254. The van der Waals surface area contributed by atoms with Crippen molar-refractivity contribution in [1.82, 2.24) is 0 Å². The van der Waals surface area contributed by atoms with Crippen LogP contribution in [0.2, 0.25) is 0 Å². The predicted octanol–water partition coefficient (Wildman–Crippen LogP) is 2.80. The topological polar surface area (TPSA) is 61.8 Å². The van der Waals surface area contributed by atoms with E-state index in [2.05, 4.69) is 0 Å². The number of hydrogen-bond acceptors (Lipinski definition) is 5. The van der Waals surface area contributed by atoms with Crippen molar-refractivity contribution in [2.24, 2.45) is 23.7 Å². The van der Waals surface area contributed by atoms with Crippen molar-refractivity contribution in [1.29, 1.82) is 0 Å². The van der Waals surface area contributed by atoms with E-state index in [0.717, 1.165) is 11.8 Å². The van der Waals surface area contributed by atoms with E-state index in [1.54, 1.807) is 0 Å². The molecule has 6 fully saturated rings. The molecule has 0 unspecified atom stereocenters. The maximum Gasteiger partial charge on any atom is 0.210 e. The fraction of sp³-hybridized carbons (Fsp3) is 1.00. The molecule has 23 heavy (non-hydrogen) atoms. The van der Waals surface area contributed by atoms with Crippen molar-refractivity contribution in [2.75, 3.05) is 6.26 Å². The highest BCUT2D eigenvalue weighted by molar-refractivity contribution is 7.91. The van der Waals surface area contributed by atoms with Crippen LogP contribution < -0.4 is 0 Å². The summed E-state index contributed by atoms with van der Waals surface area (Å²) in [6.07, 6.45) is 10.0. The highest BCUT2D eigenvalue weighted by Crippen LogP contribution is 2.63. The third-order valence-electron chi connectivity index (χ3n) is 7.25. The fourth-order valence-corrected chi connectivity index (χ4v) is 7.35. The first kappa shape index (κ1) is 15.1. The Hall–Kier alpha value is -0.170. The molecule has 0 amide bonds. The molecule has 0 aromatic carbocycles. The van der Waals surface area contributed by atoms with Gasteiger partial charge in [0.15, 0.2) is 0 Å². The second-order valence-electron chi connectivity index (χ2n) is 8.73. The smallest absolute Gasteiger partial charge is 0.210 e. The lowest BCUT2D eigenvalue weighted by Gasteiger charge is -2.57. The summed E-state index contributed by atoms with van der Waals surface area (Å²) in [5.41, 5.74) is 0. The zero-order valence-corrected chi connectivity index (χ0v) is 14.5. The van der Waals surface area contributed by atoms with Crippen LogP contribution in [0.5, 0.6) is 0 Å². The van der Waals surface area contributed by atoms with E-state index in [9.17, 15) is 8.42 Å². The predicted molar refractivity (Wildman–Crippen MR) is 82.9 cm³/mol. The molecule has 1 aliphatic heterocycles. The third kappa shape index (κ3) is 2.17. The molecule has 5 saturated carbocycles. The van der Waals surface area contributed by atoms with Gasteiger partial charge in [-0.1, -0.05) is 0 Å². The van der Waals surface area contributed by atoms with Gasteiger partial charge in [-0.3, -0.25) is 0 Å². The molecule has 6 rings (SSSR count). The van der Waals surface area contributed by atoms with Gasteiger partial charge in [0.05, 0.1) is 5.25 Å². The van der Waals surface area contributed by atoms with Crippen LogP contribution in [0.15, 0.2) is 0 Å². The molecule has 5 aliphatic carbocycles. The van der Waals surface area contributed by atoms with E-state index in [0.29, 0.717) is 37.5 Å². The van der Waals surface area contributed by atoms with E-state index in [1.807, 2.05) is 0 Å². The zero-order chi connectivity index (χ0) is 15.9. The van der Waals surface area contributed by atoms with Gasteiger partial charge in [-0.2, -0.15) is 9.78 Å². The molecule has 0 radical (unpaired) electrons. The standard InChI is InChI=1S/C17H26O5S/c1-23(18,19)15-2-4-16(5-3-15)20-17(22-21-16)13-7-11-6-12(9-13)10-14(17)8-11/h11-15H,2-10H2,1H3. The summed E-state index contributed by atoms with van der Waals surface area (Å²) >= 11 is 0. The van der Waals surface area contributed by atoms with Gasteiger partial charge in [-0.15, -0.1) is 0 Å². The van der Waals surface area contributed by atoms with E-state index in [1.165, 1.54) is 38.4 Å². The largest absolute Gasteiger partial charge is 0.312 e. The van der Waals surface area contributed by atoms with Crippen molar-refractivity contribution in [3.8, 4) is 0 Å². The minimum Gasteiger partial charge on any atom is -0.312 e. The lowest BCUT2D eigenvalue weighted by molar-refractivity contribution is -0.389. The van der Waals surface area contributed by atoms with Crippen LogP contribution in [0.25, 0.3) is 0 Å². The Balaban J connectivity index is 1.35. The van der Waals surface area contributed by atoms with Crippen molar-refractivity contribution < 1.29 is 22.9 Å². The molecular formula is C17H26O5S. The molecule has 2 spiro atoms. The van der Waals surface area contributed by atoms with Gasteiger partial charge in [0, 0.05) is 30.9 Å². The molecule has 6 aliphatic rings. The highest BCUT2D eigenvalue weighted by atomic mass is 32.2. The lowest BCUT2D eigenvalue weighted by atomic mass is 9.53. The van der Waals surface area contributed by atoms with E-state index in [-0.39, 0.29) is 5.25 Å². The number of sulfone groups is 1. The zero-order valence-electron chi connectivity index (χ0n) is 13.7. The molecule has 0 N–H and O–H groups in total. The summed E-state index contributed by atoms with van der Waals surface area (Å²) in [6, 6.07) is 0. The minimum atomic E-state index is -2.97. The summed E-state index contributed by atoms with van der Waals surface area (Å²) in [4.78, 5) is 11.8. The van der Waals surface area contributed by atoms with Crippen molar-refractivity contribution in [3.63, 3.8) is 0 Å². The molecule has 1 heterocycles. The molecular weight excluding hydrogens is 316 g/mol. The molecule has 4 bridgehead atoms. The van der Waals surface area contributed by atoms with Gasteiger partial charge in [-0.05, 0) is 56.8 Å².